The van der Waals surface area contributed by atoms with Gasteiger partial charge in [-0.1, -0.05) is 24.1 Å². The topological polar surface area (TPSA) is 16.1 Å². The van der Waals surface area contributed by atoms with E-state index in [9.17, 15) is 0 Å². The lowest BCUT2D eigenvalue weighted by Gasteiger charge is -2.26. The van der Waals surface area contributed by atoms with Gasteiger partial charge in [0.25, 0.3) is 0 Å². The molecule has 2 nitrogen and oxygen atoms in total. The van der Waals surface area contributed by atoms with Gasteiger partial charge in [0.15, 0.2) is 0 Å². The third-order valence-corrected chi connectivity index (χ3v) is 3.02. The van der Waals surface area contributed by atoms with Crippen molar-refractivity contribution in [3.05, 3.63) is 29.0 Å². The quantitative estimate of drug-likeness (QED) is 0.698. The van der Waals surface area contributed by atoms with Crippen molar-refractivity contribution in [1.29, 1.82) is 0 Å². The van der Waals surface area contributed by atoms with E-state index in [1.54, 1.807) is 6.20 Å². The second kappa shape index (κ2) is 4.76. The van der Waals surface area contributed by atoms with E-state index in [0.29, 0.717) is 5.15 Å². The Hall–Kier alpha value is -0.600. The maximum absolute atomic E-state index is 6.01. The molecular weight excluding hydrogens is 196 g/mol. The van der Waals surface area contributed by atoms with Crippen LogP contribution in [0.15, 0.2) is 18.3 Å². The fourth-order valence-corrected chi connectivity index (χ4v) is 2.07. The van der Waals surface area contributed by atoms with Crippen molar-refractivity contribution in [2.75, 3.05) is 13.1 Å². The van der Waals surface area contributed by atoms with Crippen LogP contribution < -0.4 is 0 Å². The number of aromatic nitrogens is 1. The third-order valence-electron chi connectivity index (χ3n) is 2.68. The van der Waals surface area contributed by atoms with Crippen LogP contribution >= 0.6 is 11.6 Å². The standard InChI is InChI=1S/C11H15ClN2/c12-11-10(5-4-6-13-11)9-14-7-2-1-3-8-14/h4-6H,1-3,7-9H2. The van der Waals surface area contributed by atoms with Gasteiger partial charge in [0, 0.05) is 18.3 Å². The molecule has 3 heteroatoms. The molecule has 0 atom stereocenters. The Morgan fingerprint density at radius 2 is 2.07 bits per heavy atom. The second-order valence-corrected chi connectivity index (χ2v) is 4.15. The molecule has 2 heterocycles. The zero-order valence-corrected chi connectivity index (χ0v) is 9.00. The Bertz CT molecular complexity index is 295. The maximum atomic E-state index is 6.01. The van der Waals surface area contributed by atoms with Crippen molar-refractivity contribution in [2.45, 2.75) is 25.8 Å². The van der Waals surface area contributed by atoms with Gasteiger partial charge < -0.3 is 0 Å². The zero-order valence-electron chi connectivity index (χ0n) is 8.25. The Morgan fingerprint density at radius 1 is 1.29 bits per heavy atom. The molecule has 0 unspecified atom stereocenters. The SMILES string of the molecule is Clc1ncccc1CN1CCCCC1. The molecule has 1 aliphatic rings. The molecule has 0 saturated carbocycles. The van der Waals surface area contributed by atoms with Crippen LogP contribution in [0.3, 0.4) is 0 Å². The number of hydrogen-bond donors (Lipinski definition) is 0. The van der Waals surface area contributed by atoms with Crippen LogP contribution in [-0.2, 0) is 6.54 Å². The highest BCUT2D eigenvalue weighted by molar-refractivity contribution is 6.30. The van der Waals surface area contributed by atoms with Gasteiger partial charge in [0.1, 0.15) is 5.15 Å². The van der Waals surface area contributed by atoms with E-state index in [2.05, 4.69) is 16.0 Å². The average molecular weight is 211 g/mol. The fraction of sp³-hybridized carbons (Fsp3) is 0.545. The van der Waals surface area contributed by atoms with E-state index >= 15 is 0 Å². The molecule has 0 aromatic carbocycles. The van der Waals surface area contributed by atoms with Crippen molar-refractivity contribution in [2.24, 2.45) is 0 Å². The molecule has 0 radical (unpaired) electrons. The highest BCUT2D eigenvalue weighted by atomic mass is 35.5. The average Bonchev–Trinajstić information content (AvgIpc) is 2.23. The first-order valence-corrected chi connectivity index (χ1v) is 5.56. The summed E-state index contributed by atoms with van der Waals surface area (Å²) in [7, 11) is 0. The predicted octanol–water partition coefficient (Wildman–Crippen LogP) is 2.72. The minimum atomic E-state index is 0.651. The highest BCUT2D eigenvalue weighted by Crippen LogP contribution is 2.17. The number of rotatable bonds is 2. The number of pyridine rings is 1. The molecule has 0 N–H and O–H groups in total. The molecule has 1 aliphatic heterocycles. The highest BCUT2D eigenvalue weighted by Gasteiger charge is 2.11. The van der Waals surface area contributed by atoms with E-state index in [1.807, 2.05) is 6.07 Å². The van der Waals surface area contributed by atoms with Crippen LogP contribution in [0.5, 0.6) is 0 Å². The van der Waals surface area contributed by atoms with Gasteiger partial charge in [-0.05, 0) is 32.0 Å². The third kappa shape index (κ3) is 2.46. The minimum absolute atomic E-state index is 0.651. The molecule has 0 aliphatic carbocycles. The summed E-state index contributed by atoms with van der Waals surface area (Å²) in [6.07, 6.45) is 5.75. The minimum Gasteiger partial charge on any atom is -0.299 e. The molecule has 2 rings (SSSR count). The summed E-state index contributed by atoms with van der Waals surface area (Å²) >= 11 is 6.01. The Balaban J connectivity index is 1.99. The lowest BCUT2D eigenvalue weighted by atomic mass is 10.1. The largest absolute Gasteiger partial charge is 0.299 e. The van der Waals surface area contributed by atoms with Crippen molar-refractivity contribution >= 4 is 11.6 Å². The van der Waals surface area contributed by atoms with Crippen LogP contribution in [0, 0.1) is 0 Å². The summed E-state index contributed by atoms with van der Waals surface area (Å²) in [4.78, 5) is 6.53. The Labute approximate surface area is 89.9 Å². The monoisotopic (exact) mass is 210 g/mol. The molecular formula is C11H15ClN2. The van der Waals surface area contributed by atoms with Crippen LogP contribution in [0.4, 0.5) is 0 Å². The normalized spacial score (nSPS) is 18.4. The van der Waals surface area contributed by atoms with Crippen LogP contribution in [0.2, 0.25) is 5.15 Å². The fourth-order valence-electron chi connectivity index (χ4n) is 1.90. The summed E-state index contributed by atoms with van der Waals surface area (Å²) in [6, 6.07) is 4.01. The number of hydrogen-bond acceptors (Lipinski definition) is 2. The maximum Gasteiger partial charge on any atom is 0.133 e. The lowest BCUT2D eigenvalue weighted by molar-refractivity contribution is 0.221. The van der Waals surface area contributed by atoms with Gasteiger partial charge in [0.05, 0.1) is 0 Å². The number of halogens is 1. The molecule has 1 fully saturated rings. The molecule has 14 heavy (non-hydrogen) atoms. The molecule has 1 aromatic rings. The van der Waals surface area contributed by atoms with E-state index in [-0.39, 0.29) is 0 Å². The predicted molar refractivity (Wildman–Crippen MR) is 58.4 cm³/mol. The van der Waals surface area contributed by atoms with E-state index in [1.165, 1.54) is 32.4 Å². The van der Waals surface area contributed by atoms with Gasteiger partial charge in [0.2, 0.25) is 0 Å². The van der Waals surface area contributed by atoms with E-state index in [4.69, 9.17) is 11.6 Å². The first kappa shape index (κ1) is 9.94. The summed E-state index contributed by atoms with van der Waals surface area (Å²) in [5.41, 5.74) is 1.15. The summed E-state index contributed by atoms with van der Waals surface area (Å²) in [5, 5.41) is 0.651. The molecule has 76 valence electrons. The molecule has 0 bridgehead atoms. The summed E-state index contributed by atoms with van der Waals surface area (Å²) in [5.74, 6) is 0. The van der Waals surface area contributed by atoms with Gasteiger partial charge in [-0.25, -0.2) is 4.98 Å². The Morgan fingerprint density at radius 3 is 2.79 bits per heavy atom. The van der Waals surface area contributed by atoms with Crippen molar-refractivity contribution < 1.29 is 0 Å². The van der Waals surface area contributed by atoms with Crippen LogP contribution in [-0.4, -0.2) is 23.0 Å². The molecule has 1 aromatic heterocycles. The van der Waals surface area contributed by atoms with Crippen LogP contribution in [0.1, 0.15) is 24.8 Å². The summed E-state index contributed by atoms with van der Waals surface area (Å²) in [6.45, 7) is 3.35. The van der Waals surface area contributed by atoms with Crippen molar-refractivity contribution in [1.82, 2.24) is 9.88 Å². The summed E-state index contributed by atoms with van der Waals surface area (Å²) < 4.78 is 0. The smallest absolute Gasteiger partial charge is 0.133 e. The van der Waals surface area contributed by atoms with Crippen molar-refractivity contribution in [3.8, 4) is 0 Å². The van der Waals surface area contributed by atoms with E-state index < -0.39 is 0 Å². The van der Waals surface area contributed by atoms with Crippen molar-refractivity contribution in [3.63, 3.8) is 0 Å². The van der Waals surface area contributed by atoms with Gasteiger partial charge in [-0.3, -0.25) is 4.90 Å². The lowest BCUT2D eigenvalue weighted by Crippen LogP contribution is -2.29. The number of likely N-dealkylation sites (tertiary alicyclic amines) is 1. The second-order valence-electron chi connectivity index (χ2n) is 3.79. The first-order valence-electron chi connectivity index (χ1n) is 5.18. The van der Waals surface area contributed by atoms with Gasteiger partial charge in [-0.15, -0.1) is 0 Å². The molecule has 1 saturated heterocycles. The van der Waals surface area contributed by atoms with Gasteiger partial charge >= 0.3 is 0 Å². The van der Waals surface area contributed by atoms with E-state index in [0.717, 1.165) is 12.1 Å². The molecule has 0 spiro atoms. The molecule has 0 amide bonds. The number of piperidine rings is 1. The van der Waals surface area contributed by atoms with Crippen LogP contribution in [0.25, 0.3) is 0 Å². The zero-order chi connectivity index (χ0) is 9.80. The Kier molecular flexibility index (Phi) is 3.38. The first-order chi connectivity index (χ1) is 6.86. The van der Waals surface area contributed by atoms with Gasteiger partial charge in [-0.2, -0.15) is 0 Å². The number of nitrogens with zero attached hydrogens (tertiary/aromatic N) is 2.